The van der Waals surface area contributed by atoms with Crippen LogP contribution < -0.4 is 5.32 Å². The lowest BCUT2D eigenvalue weighted by Crippen LogP contribution is -2.44. The van der Waals surface area contributed by atoms with Gasteiger partial charge in [-0.25, -0.2) is 9.37 Å². The minimum absolute atomic E-state index is 0.181. The molecular formula is C16H19FN2O2S. The van der Waals surface area contributed by atoms with Crippen LogP contribution in [-0.4, -0.2) is 37.5 Å². The largest absolute Gasteiger partial charge is 0.381 e. The molecule has 3 rings (SSSR count). The van der Waals surface area contributed by atoms with Crippen LogP contribution in [0.1, 0.15) is 12.8 Å². The number of hydrogen-bond donors (Lipinski definition) is 1. The van der Waals surface area contributed by atoms with Crippen LogP contribution in [0.4, 0.5) is 9.52 Å². The molecule has 0 atom stereocenters. The molecule has 0 spiro atoms. The van der Waals surface area contributed by atoms with Gasteiger partial charge in [0.2, 0.25) is 0 Å². The number of methoxy groups -OCH3 is 1. The van der Waals surface area contributed by atoms with Gasteiger partial charge in [0.15, 0.2) is 5.13 Å². The molecule has 0 amide bonds. The third-order valence-electron chi connectivity index (χ3n) is 4.04. The highest BCUT2D eigenvalue weighted by Gasteiger charge is 2.32. The number of hydrogen-bond acceptors (Lipinski definition) is 5. The van der Waals surface area contributed by atoms with Crippen molar-refractivity contribution in [2.75, 3.05) is 32.2 Å². The second kappa shape index (κ2) is 6.73. The summed E-state index contributed by atoms with van der Waals surface area (Å²) in [4.78, 5) is 4.56. The van der Waals surface area contributed by atoms with Gasteiger partial charge in [-0.05, 0) is 24.3 Å². The average Bonchev–Trinajstić information content (AvgIpc) is 3.04. The van der Waals surface area contributed by atoms with Crippen LogP contribution in [0.2, 0.25) is 0 Å². The highest BCUT2D eigenvalue weighted by molar-refractivity contribution is 7.14. The van der Waals surface area contributed by atoms with Gasteiger partial charge in [-0.1, -0.05) is 0 Å². The molecule has 0 bridgehead atoms. The molecule has 0 unspecified atom stereocenters. The fourth-order valence-electron chi connectivity index (χ4n) is 2.54. The number of halogens is 1. The van der Waals surface area contributed by atoms with E-state index in [4.69, 9.17) is 9.47 Å². The Morgan fingerprint density at radius 1 is 1.32 bits per heavy atom. The highest BCUT2D eigenvalue weighted by Crippen LogP contribution is 2.28. The van der Waals surface area contributed by atoms with Gasteiger partial charge in [0.1, 0.15) is 5.82 Å². The number of aromatic nitrogens is 1. The quantitative estimate of drug-likeness (QED) is 0.914. The van der Waals surface area contributed by atoms with E-state index in [9.17, 15) is 4.39 Å². The molecule has 1 saturated heterocycles. The molecule has 0 aliphatic carbocycles. The lowest BCUT2D eigenvalue weighted by atomic mass is 9.94. The fraction of sp³-hybridized carbons (Fsp3) is 0.438. The Labute approximate surface area is 133 Å². The van der Waals surface area contributed by atoms with Crippen molar-refractivity contribution in [1.82, 2.24) is 4.98 Å². The summed E-state index contributed by atoms with van der Waals surface area (Å²) in [6.45, 7) is 2.17. The van der Waals surface area contributed by atoms with Gasteiger partial charge in [0.05, 0.1) is 11.3 Å². The van der Waals surface area contributed by atoms with E-state index in [-0.39, 0.29) is 11.4 Å². The molecule has 1 aromatic heterocycles. The molecule has 6 heteroatoms. The van der Waals surface area contributed by atoms with Gasteiger partial charge in [-0.15, -0.1) is 11.3 Å². The predicted octanol–water partition coefficient (Wildman–Crippen LogP) is 3.56. The van der Waals surface area contributed by atoms with Crippen LogP contribution in [0.15, 0.2) is 29.6 Å². The van der Waals surface area contributed by atoms with Crippen LogP contribution in [0.25, 0.3) is 11.3 Å². The summed E-state index contributed by atoms with van der Waals surface area (Å²) in [7, 11) is 1.75. The first-order valence-electron chi connectivity index (χ1n) is 7.29. The van der Waals surface area contributed by atoms with Crippen LogP contribution in [0.5, 0.6) is 0 Å². The maximum atomic E-state index is 13.0. The van der Waals surface area contributed by atoms with Crippen molar-refractivity contribution >= 4 is 16.5 Å². The molecule has 2 aromatic rings. The Morgan fingerprint density at radius 2 is 2.05 bits per heavy atom. The summed E-state index contributed by atoms with van der Waals surface area (Å²) in [5.41, 5.74) is 1.59. The molecule has 4 nitrogen and oxygen atoms in total. The van der Waals surface area contributed by atoms with Crippen molar-refractivity contribution in [1.29, 1.82) is 0 Å². The Morgan fingerprint density at radius 3 is 2.73 bits per heavy atom. The van der Waals surface area contributed by atoms with E-state index in [1.165, 1.54) is 12.1 Å². The number of thiazole rings is 1. The number of rotatable bonds is 5. The van der Waals surface area contributed by atoms with Crippen molar-refractivity contribution in [3.05, 3.63) is 35.5 Å². The van der Waals surface area contributed by atoms with Crippen molar-refractivity contribution in [2.24, 2.45) is 0 Å². The van der Waals surface area contributed by atoms with Gasteiger partial charge < -0.3 is 14.8 Å². The van der Waals surface area contributed by atoms with Gasteiger partial charge in [-0.3, -0.25) is 0 Å². The van der Waals surface area contributed by atoms with Gasteiger partial charge >= 0.3 is 0 Å². The molecule has 22 heavy (non-hydrogen) atoms. The molecule has 1 N–H and O–H groups in total. The van der Waals surface area contributed by atoms with E-state index in [1.807, 2.05) is 5.38 Å². The average molecular weight is 322 g/mol. The van der Waals surface area contributed by atoms with E-state index < -0.39 is 0 Å². The fourth-order valence-corrected chi connectivity index (χ4v) is 3.26. The summed E-state index contributed by atoms with van der Waals surface area (Å²) < 4.78 is 24.1. The van der Waals surface area contributed by atoms with Crippen LogP contribution >= 0.6 is 11.3 Å². The molecular weight excluding hydrogens is 303 g/mol. The number of nitrogens with one attached hydrogen (secondary N) is 1. The zero-order valence-corrected chi connectivity index (χ0v) is 13.3. The number of benzene rings is 1. The van der Waals surface area contributed by atoms with E-state index in [1.54, 1.807) is 30.6 Å². The summed E-state index contributed by atoms with van der Waals surface area (Å²) in [5, 5.41) is 6.18. The van der Waals surface area contributed by atoms with Crippen molar-refractivity contribution in [2.45, 2.75) is 18.4 Å². The molecule has 1 aliphatic heterocycles. The number of anilines is 1. The normalized spacial score (nSPS) is 17.4. The third kappa shape index (κ3) is 3.45. The van der Waals surface area contributed by atoms with E-state index >= 15 is 0 Å². The molecule has 118 valence electrons. The van der Waals surface area contributed by atoms with E-state index in [2.05, 4.69) is 10.3 Å². The molecule has 1 aromatic carbocycles. The molecule has 0 saturated carbocycles. The zero-order chi connectivity index (χ0) is 15.4. The summed E-state index contributed by atoms with van der Waals surface area (Å²) >= 11 is 1.54. The number of nitrogens with zero attached hydrogens (tertiary/aromatic N) is 1. The van der Waals surface area contributed by atoms with Crippen LogP contribution in [-0.2, 0) is 9.47 Å². The Balaban J connectivity index is 1.65. The van der Waals surface area contributed by atoms with Crippen molar-refractivity contribution in [3.63, 3.8) is 0 Å². The van der Waals surface area contributed by atoms with Crippen LogP contribution in [0.3, 0.4) is 0 Å². The minimum atomic E-state index is -0.237. The lowest BCUT2D eigenvalue weighted by molar-refractivity contribution is -0.0807. The standard InChI is InChI=1S/C16H19FN2O2S/c1-20-16(6-8-21-9-7-16)11-18-15-19-14(10-22-15)12-2-4-13(17)5-3-12/h2-5,10H,6-9,11H2,1H3,(H,18,19). The first kappa shape index (κ1) is 15.4. The molecule has 2 heterocycles. The second-order valence-electron chi connectivity index (χ2n) is 5.40. The van der Waals surface area contributed by atoms with Crippen molar-refractivity contribution in [3.8, 4) is 11.3 Å². The summed E-state index contributed by atoms with van der Waals surface area (Å²) in [6, 6.07) is 6.38. The maximum Gasteiger partial charge on any atom is 0.183 e. The Hall–Kier alpha value is -1.50. The third-order valence-corrected chi connectivity index (χ3v) is 4.84. The summed E-state index contributed by atoms with van der Waals surface area (Å²) in [5.74, 6) is -0.237. The van der Waals surface area contributed by atoms with Gasteiger partial charge in [0, 0.05) is 50.7 Å². The molecule has 1 aliphatic rings. The second-order valence-corrected chi connectivity index (χ2v) is 6.26. The summed E-state index contributed by atoms with van der Waals surface area (Å²) in [6.07, 6.45) is 1.76. The highest BCUT2D eigenvalue weighted by atomic mass is 32.1. The zero-order valence-electron chi connectivity index (χ0n) is 12.5. The van der Waals surface area contributed by atoms with E-state index in [0.29, 0.717) is 6.54 Å². The van der Waals surface area contributed by atoms with Gasteiger partial charge in [-0.2, -0.15) is 0 Å². The maximum absolute atomic E-state index is 13.0. The monoisotopic (exact) mass is 322 g/mol. The van der Waals surface area contributed by atoms with Crippen LogP contribution in [0, 0.1) is 5.82 Å². The topological polar surface area (TPSA) is 43.4 Å². The smallest absolute Gasteiger partial charge is 0.183 e. The lowest BCUT2D eigenvalue weighted by Gasteiger charge is -2.35. The Kier molecular flexibility index (Phi) is 4.71. The SMILES string of the molecule is COC1(CNc2nc(-c3ccc(F)cc3)cs2)CCOCC1. The first-order chi connectivity index (χ1) is 10.7. The first-order valence-corrected chi connectivity index (χ1v) is 8.17. The number of ether oxygens (including phenoxy) is 2. The van der Waals surface area contributed by atoms with E-state index in [0.717, 1.165) is 42.4 Å². The molecule has 0 radical (unpaired) electrons. The Bertz CT molecular complexity index is 609. The minimum Gasteiger partial charge on any atom is -0.381 e. The van der Waals surface area contributed by atoms with Gasteiger partial charge in [0.25, 0.3) is 0 Å². The molecule has 1 fully saturated rings. The van der Waals surface area contributed by atoms with Crippen molar-refractivity contribution < 1.29 is 13.9 Å². The predicted molar refractivity (Wildman–Crippen MR) is 85.8 cm³/mol.